The van der Waals surface area contributed by atoms with Gasteiger partial charge in [-0.05, 0) is 65.1 Å². The fourth-order valence-corrected chi connectivity index (χ4v) is 3.63. The number of hydrogen-bond acceptors (Lipinski definition) is 0. The highest BCUT2D eigenvalue weighted by atomic mass is 14.2. The van der Waals surface area contributed by atoms with Crippen LogP contribution < -0.4 is 0 Å². The Hall–Kier alpha value is -2.34. The molecule has 3 rings (SSSR count). The van der Waals surface area contributed by atoms with Crippen molar-refractivity contribution in [3.63, 3.8) is 0 Å². The van der Waals surface area contributed by atoms with Gasteiger partial charge in [0.15, 0.2) is 0 Å². The highest BCUT2D eigenvalue weighted by molar-refractivity contribution is 5.86. The van der Waals surface area contributed by atoms with Gasteiger partial charge in [0.05, 0.1) is 0 Å². The first-order valence-corrected chi connectivity index (χ1v) is 10.0. The molecule has 0 atom stereocenters. The molecule has 0 nitrogen and oxygen atoms in total. The van der Waals surface area contributed by atoms with Crippen LogP contribution in [-0.2, 0) is 12.8 Å². The zero-order valence-corrected chi connectivity index (χ0v) is 16.1. The van der Waals surface area contributed by atoms with E-state index in [0.717, 1.165) is 12.8 Å². The van der Waals surface area contributed by atoms with Crippen LogP contribution >= 0.6 is 0 Å². The van der Waals surface area contributed by atoms with Gasteiger partial charge in [-0.1, -0.05) is 93.4 Å². The van der Waals surface area contributed by atoms with Crippen molar-refractivity contribution in [1.82, 2.24) is 0 Å². The molecule has 0 unspecified atom stereocenters. The Labute approximate surface area is 158 Å². The third-order valence-corrected chi connectivity index (χ3v) is 5.03. The molecule has 0 saturated carbocycles. The Balaban J connectivity index is 2.16. The molecule has 0 fully saturated rings. The maximum absolute atomic E-state index is 3.59. The van der Waals surface area contributed by atoms with Crippen molar-refractivity contribution in [1.29, 1.82) is 0 Å². The summed E-state index contributed by atoms with van der Waals surface area (Å²) < 4.78 is 0. The van der Waals surface area contributed by atoms with E-state index in [1.165, 1.54) is 59.1 Å². The highest BCUT2D eigenvalue weighted by Crippen LogP contribution is 2.37. The maximum Gasteiger partial charge on any atom is -0.00211 e. The molecule has 0 aromatic heterocycles. The topological polar surface area (TPSA) is 0 Å². The average Bonchev–Trinajstić information content (AvgIpc) is 2.71. The molecular formula is C26H29. The SMILES string of the molecule is CCCCc1cccc(CCCC)c1-c1[c]cccc1-c1ccccc1. The Morgan fingerprint density at radius 2 is 1.35 bits per heavy atom. The van der Waals surface area contributed by atoms with Gasteiger partial charge in [0.2, 0.25) is 0 Å². The minimum absolute atomic E-state index is 1.14. The van der Waals surface area contributed by atoms with Crippen LogP contribution in [-0.4, -0.2) is 0 Å². The van der Waals surface area contributed by atoms with Crippen LogP contribution in [0.1, 0.15) is 50.7 Å². The fourth-order valence-electron chi connectivity index (χ4n) is 3.63. The monoisotopic (exact) mass is 341 g/mol. The molecule has 0 heterocycles. The molecule has 26 heavy (non-hydrogen) atoms. The molecule has 0 aliphatic heterocycles. The van der Waals surface area contributed by atoms with Crippen LogP contribution in [0.2, 0.25) is 0 Å². The molecule has 0 N–H and O–H groups in total. The molecule has 0 spiro atoms. The summed E-state index contributed by atoms with van der Waals surface area (Å²) >= 11 is 0. The predicted octanol–water partition coefficient (Wildman–Crippen LogP) is 7.51. The van der Waals surface area contributed by atoms with E-state index in [4.69, 9.17) is 0 Å². The van der Waals surface area contributed by atoms with Crippen molar-refractivity contribution in [2.75, 3.05) is 0 Å². The molecule has 1 radical (unpaired) electrons. The average molecular weight is 342 g/mol. The Morgan fingerprint density at radius 1 is 0.692 bits per heavy atom. The lowest BCUT2D eigenvalue weighted by Gasteiger charge is -2.18. The smallest absolute Gasteiger partial charge is 0.00211 e. The third-order valence-electron chi connectivity index (χ3n) is 5.03. The first-order chi connectivity index (χ1) is 12.8. The highest BCUT2D eigenvalue weighted by Gasteiger charge is 2.14. The molecule has 0 heteroatoms. The van der Waals surface area contributed by atoms with E-state index >= 15 is 0 Å². The second kappa shape index (κ2) is 9.38. The quantitative estimate of drug-likeness (QED) is 0.398. The lowest BCUT2D eigenvalue weighted by atomic mass is 9.86. The van der Waals surface area contributed by atoms with Gasteiger partial charge in [-0.15, -0.1) is 0 Å². The van der Waals surface area contributed by atoms with Gasteiger partial charge in [0.25, 0.3) is 0 Å². The van der Waals surface area contributed by atoms with Gasteiger partial charge < -0.3 is 0 Å². The minimum atomic E-state index is 1.14. The third kappa shape index (κ3) is 4.25. The predicted molar refractivity (Wildman–Crippen MR) is 113 cm³/mol. The van der Waals surface area contributed by atoms with E-state index < -0.39 is 0 Å². The summed E-state index contributed by atoms with van der Waals surface area (Å²) in [6, 6.07) is 27.6. The maximum atomic E-state index is 3.59. The lowest BCUT2D eigenvalue weighted by Crippen LogP contribution is -1.99. The molecule has 0 aliphatic carbocycles. The van der Waals surface area contributed by atoms with Gasteiger partial charge in [-0.2, -0.15) is 0 Å². The van der Waals surface area contributed by atoms with E-state index in [1.807, 2.05) is 0 Å². The largest absolute Gasteiger partial charge is 0.0654 e. The minimum Gasteiger partial charge on any atom is -0.0654 e. The second-order valence-electron chi connectivity index (χ2n) is 6.98. The Bertz CT molecular complexity index is 788. The number of hydrogen-bond donors (Lipinski definition) is 0. The first kappa shape index (κ1) is 18.5. The Morgan fingerprint density at radius 3 is 1.96 bits per heavy atom. The summed E-state index contributed by atoms with van der Waals surface area (Å²) in [4.78, 5) is 0. The summed E-state index contributed by atoms with van der Waals surface area (Å²) in [5.74, 6) is 0. The summed E-state index contributed by atoms with van der Waals surface area (Å²) in [5, 5.41) is 0. The van der Waals surface area contributed by atoms with E-state index in [9.17, 15) is 0 Å². The molecule has 0 bridgehead atoms. The van der Waals surface area contributed by atoms with Crippen LogP contribution in [0.5, 0.6) is 0 Å². The number of benzene rings is 3. The van der Waals surface area contributed by atoms with Crippen LogP contribution in [0.3, 0.4) is 0 Å². The fraction of sp³-hybridized carbons (Fsp3) is 0.308. The van der Waals surface area contributed by atoms with E-state index in [1.54, 1.807) is 0 Å². The van der Waals surface area contributed by atoms with E-state index in [-0.39, 0.29) is 0 Å². The molecule has 0 amide bonds. The number of rotatable bonds is 8. The second-order valence-corrected chi connectivity index (χ2v) is 6.98. The van der Waals surface area contributed by atoms with Gasteiger partial charge in [0.1, 0.15) is 0 Å². The van der Waals surface area contributed by atoms with E-state index in [2.05, 4.69) is 86.6 Å². The molecule has 0 saturated heterocycles. The van der Waals surface area contributed by atoms with Crippen LogP contribution in [0.15, 0.2) is 66.7 Å². The summed E-state index contributed by atoms with van der Waals surface area (Å²) in [6.45, 7) is 4.54. The summed E-state index contributed by atoms with van der Waals surface area (Å²) in [6.07, 6.45) is 7.20. The van der Waals surface area contributed by atoms with Crippen molar-refractivity contribution in [3.05, 3.63) is 83.9 Å². The molecule has 0 aliphatic rings. The standard InChI is InChI=1S/C26H29/c1-3-5-13-22-17-12-18-23(14-6-4-2)26(22)25-20-11-10-19-24(25)21-15-8-7-9-16-21/h7-12,15-19H,3-6,13-14H2,1-2H3. The Kier molecular flexibility index (Phi) is 6.66. The molecular weight excluding hydrogens is 312 g/mol. The van der Waals surface area contributed by atoms with E-state index in [0.29, 0.717) is 0 Å². The number of aryl methyl sites for hydroxylation is 2. The van der Waals surface area contributed by atoms with Crippen LogP contribution in [0, 0.1) is 6.07 Å². The van der Waals surface area contributed by atoms with Crippen molar-refractivity contribution in [2.45, 2.75) is 52.4 Å². The van der Waals surface area contributed by atoms with Gasteiger partial charge in [-0.25, -0.2) is 0 Å². The van der Waals surface area contributed by atoms with Crippen molar-refractivity contribution < 1.29 is 0 Å². The zero-order valence-electron chi connectivity index (χ0n) is 16.1. The normalized spacial score (nSPS) is 10.8. The molecule has 3 aromatic carbocycles. The van der Waals surface area contributed by atoms with Crippen molar-refractivity contribution in [2.24, 2.45) is 0 Å². The zero-order chi connectivity index (χ0) is 18.2. The van der Waals surface area contributed by atoms with Gasteiger partial charge >= 0.3 is 0 Å². The van der Waals surface area contributed by atoms with Crippen molar-refractivity contribution >= 4 is 0 Å². The van der Waals surface area contributed by atoms with Gasteiger partial charge in [-0.3, -0.25) is 0 Å². The molecule has 3 aromatic rings. The summed E-state index contributed by atoms with van der Waals surface area (Å²) in [5.41, 5.74) is 8.19. The van der Waals surface area contributed by atoms with Crippen molar-refractivity contribution in [3.8, 4) is 22.3 Å². The van der Waals surface area contributed by atoms with Gasteiger partial charge in [0, 0.05) is 0 Å². The van der Waals surface area contributed by atoms with Crippen LogP contribution in [0.25, 0.3) is 22.3 Å². The lowest BCUT2D eigenvalue weighted by molar-refractivity contribution is 0.782. The molecule has 133 valence electrons. The summed E-state index contributed by atoms with van der Waals surface area (Å²) in [7, 11) is 0. The number of unbranched alkanes of at least 4 members (excludes halogenated alkanes) is 2. The first-order valence-electron chi connectivity index (χ1n) is 10.0. The van der Waals surface area contributed by atoms with Crippen LogP contribution in [0.4, 0.5) is 0 Å².